The van der Waals surface area contributed by atoms with Crippen LogP contribution in [0.2, 0.25) is 0 Å². The van der Waals surface area contributed by atoms with Crippen LogP contribution < -0.4 is 5.73 Å². The molecule has 0 aliphatic heterocycles. The summed E-state index contributed by atoms with van der Waals surface area (Å²) in [7, 11) is 0. The molecule has 26 heavy (non-hydrogen) atoms. The molecule has 4 nitrogen and oxygen atoms in total. The van der Waals surface area contributed by atoms with Crippen molar-refractivity contribution in [3.8, 4) is 0 Å². The number of Topliss-reactive ketones (excluding diaryl/α,β-unsaturated/α-hetero) is 1. The minimum absolute atomic E-state index is 0.0389. The predicted molar refractivity (Wildman–Crippen MR) is 107 cm³/mol. The van der Waals surface area contributed by atoms with Gasteiger partial charge in [-0.3, -0.25) is 4.79 Å². The van der Waals surface area contributed by atoms with Crippen molar-refractivity contribution in [1.82, 2.24) is 0 Å². The minimum Gasteiger partial charge on any atom is -0.394 e. The fourth-order valence-corrected chi connectivity index (χ4v) is 3.25. The Hall–Kier alpha value is -1.23. The Bertz CT molecular complexity index is 527. The maximum atomic E-state index is 12.1. The van der Waals surface area contributed by atoms with Crippen molar-refractivity contribution in [2.45, 2.75) is 77.9 Å². The summed E-state index contributed by atoms with van der Waals surface area (Å²) >= 11 is 0. The molecule has 4 unspecified atom stereocenters. The van der Waals surface area contributed by atoms with Crippen LogP contribution in [0.15, 0.2) is 24.3 Å². The molecule has 4 N–H and O–H groups in total. The van der Waals surface area contributed by atoms with Gasteiger partial charge >= 0.3 is 0 Å². The Morgan fingerprint density at radius 2 is 1.69 bits per heavy atom. The van der Waals surface area contributed by atoms with Crippen LogP contribution in [0.3, 0.4) is 0 Å². The molecule has 0 amide bonds. The standard InChI is InChI=1S/C22H37NO3/c1-15(2)6-5-7-16(3)12-18-8-10-19(11-9-18)17(4)13-20(25)22(23)21(26)14-24/h8-11,15-17,21-22,24,26H,5-7,12-14,23H2,1-4H3. The Balaban J connectivity index is 2.51. The van der Waals surface area contributed by atoms with Crippen molar-refractivity contribution in [2.24, 2.45) is 17.6 Å². The Kier molecular flexibility index (Phi) is 10.1. The first kappa shape index (κ1) is 22.8. The van der Waals surface area contributed by atoms with E-state index in [1.54, 1.807) is 0 Å². The van der Waals surface area contributed by atoms with Gasteiger partial charge in [-0.1, -0.05) is 71.2 Å². The first-order chi connectivity index (χ1) is 12.2. The Morgan fingerprint density at radius 1 is 1.08 bits per heavy atom. The lowest BCUT2D eigenvalue weighted by Crippen LogP contribution is -2.44. The van der Waals surface area contributed by atoms with Crippen LogP contribution in [0, 0.1) is 11.8 Å². The lowest BCUT2D eigenvalue weighted by atomic mass is 9.90. The minimum atomic E-state index is -1.19. The molecule has 0 saturated heterocycles. The largest absolute Gasteiger partial charge is 0.394 e. The van der Waals surface area contributed by atoms with Crippen molar-refractivity contribution in [3.05, 3.63) is 35.4 Å². The third kappa shape index (κ3) is 7.98. The molecule has 0 heterocycles. The summed E-state index contributed by atoms with van der Waals surface area (Å²) in [5.74, 6) is 1.27. The van der Waals surface area contributed by atoms with Gasteiger partial charge in [-0.25, -0.2) is 0 Å². The predicted octanol–water partition coefficient (Wildman–Crippen LogP) is 3.43. The zero-order valence-electron chi connectivity index (χ0n) is 16.8. The highest BCUT2D eigenvalue weighted by Gasteiger charge is 2.23. The van der Waals surface area contributed by atoms with E-state index in [0.717, 1.165) is 17.9 Å². The molecule has 0 radical (unpaired) electrons. The molecule has 0 fully saturated rings. The molecule has 0 spiro atoms. The summed E-state index contributed by atoms with van der Waals surface area (Å²) in [6, 6.07) is 7.45. The zero-order chi connectivity index (χ0) is 19.7. The molecule has 0 saturated carbocycles. The number of aliphatic hydroxyl groups is 2. The molecule has 0 aliphatic carbocycles. The number of carbonyl (C=O) groups is 1. The molecular formula is C22H37NO3. The number of hydrogen-bond donors (Lipinski definition) is 3. The van der Waals surface area contributed by atoms with Gasteiger partial charge in [0.2, 0.25) is 0 Å². The van der Waals surface area contributed by atoms with E-state index in [0.29, 0.717) is 5.92 Å². The van der Waals surface area contributed by atoms with E-state index in [2.05, 4.69) is 45.0 Å². The second-order valence-corrected chi connectivity index (χ2v) is 8.22. The molecule has 1 aromatic carbocycles. The SMILES string of the molecule is CC(C)CCCC(C)Cc1ccc(C(C)CC(=O)C(N)C(O)CO)cc1. The molecule has 4 heteroatoms. The molecule has 0 aromatic heterocycles. The van der Waals surface area contributed by atoms with E-state index < -0.39 is 18.8 Å². The van der Waals surface area contributed by atoms with Crippen LogP contribution in [0.25, 0.3) is 0 Å². The number of rotatable bonds is 12. The molecule has 0 bridgehead atoms. The molecule has 4 atom stereocenters. The van der Waals surface area contributed by atoms with E-state index in [1.165, 1.54) is 24.8 Å². The summed E-state index contributed by atoms with van der Waals surface area (Å²) in [4.78, 5) is 12.1. The van der Waals surface area contributed by atoms with Crippen LogP contribution in [0.4, 0.5) is 0 Å². The first-order valence-electron chi connectivity index (χ1n) is 9.90. The van der Waals surface area contributed by atoms with Crippen LogP contribution in [-0.4, -0.2) is 34.7 Å². The fourth-order valence-electron chi connectivity index (χ4n) is 3.25. The van der Waals surface area contributed by atoms with E-state index in [-0.39, 0.29) is 18.1 Å². The number of ketones is 1. The molecular weight excluding hydrogens is 326 g/mol. The quantitative estimate of drug-likeness (QED) is 0.531. The van der Waals surface area contributed by atoms with E-state index in [1.807, 2.05) is 6.92 Å². The van der Waals surface area contributed by atoms with Gasteiger partial charge in [-0.2, -0.15) is 0 Å². The summed E-state index contributed by atoms with van der Waals surface area (Å²) in [5.41, 5.74) is 8.10. The van der Waals surface area contributed by atoms with E-state index >= 15 is 0 Å². The van der Waals surface area contributed by atoms with Gasteiger partial charge in [0, 0.05) is 6.42 Å². The van der Waals surface area contributed by atoms with E-state index in [9.17, 15) is 9.90 Å². The van der Waals surface area contributed by atoms with Crippen molar-refractivity contribution >= 4 is 5.78 Å². The van der Waals surface area contributed by atoms with Gasteiger partial charge < -0.3 is 15.9 Å². The average Bonchev–Trinajstić information content (AvgIpc) is 2.60. The second-order valence-electron chi connectivity index (χ2n) is 8.22. The van der Waals surface area contributed by atoms with Gasteiger partial charge in [-0.05, 0) is 35.3 Å². The van der Waals surface area contributed by atoms with Gasteiger partial charge in [0.25, 0.3) is 0 Å². The van der Waals surface area contributed by atoms with Crippen LogP contribution >= 0.6 is 0 Å². The molecule has 0 aliphatic rings. The number of carbonyl (C=O) groups excluding carboxylic acids is 1. The molecule has 1 rings (SSSR count). The van der Waals surface area contributed by atoms with Crippen molar-refractivity contribution in [1.29, 1.82) is 0 Å². The third-order valence-electron chi connectivity index (χ3n) is 5.09. The Morgan fingerprint density at radius 3 is 2.23 bits per heavy atom. The monoisotopic (exact) mass is 363 g/mol. The zero-order valence-corrected chi connectivity index (χ0v) is 16.8. The lowest BCUT2D eigenvalue weighted by Gasteiger charge is -2.18. The van der Waals surface area contributed by atoms with Crippen LogP contribution in [-0.2, 0) is 11.2 Å². The normalized spacial score (nSPS) is 16.3. The van der Waals surface area contributed by atoms with Gasteiger partial charge in [-0.15, -0.1) is 0 Å². The maximum Gasteiger partial charge on any atom is 0.152 e. The number of hydrogen-bond acceptors (Lipinski definition) is 4. The third-order valence-corrected chi connectivity index (χ3v) is 5.09. The number of aliphatic hydroxyl groups excluding tert-OH is 2. The second kappa shape index (κ2) is 11.5. The highest BCUT2D eigenvalue weighted by Crippen LogP contribution is 2.22. The topological polar surface area (TPSA) is 83.6 Å². The lowest BCUT2D eigenvalue weighted by molar-refractivity contribution is -0.123. The first-order valence-corrected chi connectivity index (χ1v) is 9.90. The van der Waals surface area contributed by atoms with Gasteiger partial charge in [0.15, 0.2) is 5.78 Å². The highest BCUT2D eigenvalue weighted by atomic mass is 16.3. The summed E-state index contributed by atoms with van der Waals surface area (Å²) in [6.45, 7) is 8.34. The van der Waals surface area contributed by atoms with Crippen LogP contribution in [0.5, 0.6) is 0 Å². The van der Waals surface area contributed by atoms with Crippen LogP contribution in [0.1, 0.15) is 70.4 Å². The maximum absolute atomic E-state index is 12.1. The highest BCUT2D eigenvalue weighted by molar-refractivity contribution is 5.85. The number of benzene rings is 1. The van der Waals surface area contributed by atoms with Gasteiger partial charge in [0.1, 0.15) is 0 Å². The molecule has 1 aromatic rings. The average molecular weight is 364 g/mol. The van der Waals surface area contributed by atoms with Crippen molar-refractivity contribution in [2.75, 3.05) is 6.61 Å². The smallest absolute Gasteiger partial charge is 0.152 e. The van der Waals surface area contributed by atoms with Crippen molar-refractivity contribution in [3.63, 3.8) is 0 Å². The number of nitrogens with two attached hydrogens (primary N) is 1. The molecule has 148 valence electrons. The summed E-state index contributed by atoms with van der Waals surface area (Å²) in [5, 5.41) is 18.4. The van der Waals surface area contributed by atoms with Gasteiger partial charge in [0.05, 0.1) is 18.8 Å². The Labute approximate surface area is 158 Å². The van der Waals surface area contributed by atoms with E-state index in [4.69, 9.17) is 10.8 Å². The summed E-state index contributed by atoms with van der Waals surface area (Å²) < 4.78 is 0. The van der Waals surface area contributed by atoms with Crippen molar-refractivity contribution < 1.29 is 15.0 Å². The summed E-state index contributed by atoms with van der Waals surface area (Å²) in [6.07, 6.45) is 4.00. The fraction of sp³-hybridized carbons (Fsp3) is 0.682.